The van der Waals surface area contributed by atoms with Crippen LogP contribution in [0.1, 0.15) is 51.4 Å². The zero-order valence-corrected chi connectivity index (χ0v) is 15.3. The highest BCUT2D eigenvalue weighted by molar-refractivity contribution is 5.77. The number of hydrogen-bond acceptors (Lipinski definition) is 4. The van der Waals surface area contributed by atoms with E-state index in [9.17, 15) is 4.79 Å². The van der Waals surface area contributed by atoms with E-state index in [4.69, 9.17) is 10.5 Å². The van der Waals surface area contributed by atoms with Gasteiger partial charge in [0.1, 0.15) is 0 Å². The van der Waals surface area contributed by atoms with E-state index < -0.39 is 0 Å². The molecule has 0 bridgehead atoms. The van der Waals surface area contributed by atoms with Crippen LogP contribution in [0.5, 0.6) is 0 Å². The highest BCUT2D eigenvalue weighted by Crippen LogP contribution is 2.33. The smallest absolute Gasteiger partial charge is 0.222 e. The molecule has 0 unspecified atom stereocenters. The lowest BCUT2D eigenvalue weighted by atomic mass is 9.81. The van der Waals surface area contributed by atoms with Crippen LogP contribution < -0.4 is 5.73 Å². The molecule has 5 heteroatoms. The highest BCUT2D eigenvalue weighted by atomic mass is 16.5. The summed E-state index contributed by atoms with van der Waals surface area (Å²) in [5.41, 5.74) is 6.04. The van der Waals surface area contributed by atoms with Gasteiger partial charge in [-0.1, -0.05) is 0 Å². The first-order valence-electron chi connectivity index (χ1n) is 9.93. The average Bonchev–Trinajstić information content (AvgIpc) is 2.59. The summed E-state index contributed by atoms with van der Waals surface area (Å²) in [6.07, 6.45) is 8.92. The van der Waals surface area contributed by atoms with E-state index in [2.05, 4.69) is 9.80 Å². The Hall–Kier alpha value is -0.650. The van der Waals surface area contributed by atoms with Crippen LogP contribution >= 0.6 is 0 Å². The van der Waals surface area contributed by atoms with Gasteiger partial charge in [0.15, 0.2) is 0 Å². The summed E-state index contributed by atoms with van der Waals surface area (Å²) in [7, 11) is 1.73. The topological polar surface area (TPSA) is 58.8 Å². The van der Waals surface area contributed by atoms with Crippen molar-refractivity contribution in [1.29, 1.82) is 0 Å². The maximum absolute atomic E-state index is 12.3. The Morgan fingerprint density at radius 1 is 1.17 bits per heavy atom. The van der Waals surface area contributed by atoms with Crippen LogP contribution in [-0.4, -0.2) is 67.7 Å². The third-order valence-electron chi connectivity index (χ3n) is 6.38. The second-order valence-electron chi connectivity index (χ2n) is 8.13. The van der Waals surface area contributed by atoms with Gasteiger partial charge in [-0.3, -0.25) is 4.79 Å². The summed E-state index contributed by atoms with van der Waals surface area (Å²) in [5.74, 6) is 1.87. The lowest BCUT2D eigenvalue weighted by Gasteiger charge is -2.48. The maximum atomic E-state index is 12.3. The molecule has 1 amide bonds. The second-order valence-corrected chi connectivity index (χ2v) is 8.13. The van der Waals surface area contributed by atoms with Gasteiger partial charge in [0.05, 0.1) is 0 Å². The summed E-state index contributed by atoms with van der Waals surface area (Å²) in [6.45, 7) is 5.19. The maximum Gasteiger partial charge on any atom is 0.222 e. The number of ether oxygens (including phenoxy) is 1. The largest absolute Gasteiger partial charge is 0.385 e. The van der Waals surface area contributed by atoms with Crippen molar-refractivity contribution in [3.05, 3.63) is 0 Å². The molecule has 3 fully saturated rings. The van der Waals surface area contributed by atoms with Crippen molar-refractivity contribution in [3.63, 3.8) is 0 Å². The number of piperidine rings is 2. The third kappa shape index (κ3) is 4.50. The predicted molar refractivity (Wildman–Crippen MR) is 95.7 cm³/mol. The Morgan fingerprint density at radius 3 is 2.71 bits per heavy atom. The Balaban J connectivity index is 1.49. The van der Waals surface area contributed by atoms with Gasteiger partial charge in [-0.25, -0.2) is 0 Å². The molecule has 2 N–H and O–H groups in total. The molecule has 3 rings (SSSR count). The van der Waals surface area contributed by atoms with Crippen LogP contribution in [0.4, 0.5) is 0 Å². The van der Waals surface area contributed by atoms with Crippen molar-refractivity contribution in [2.45, 2.75) is 63.5 Å². The number of carbonyl (C=O) groups is 1. The fraction of sp³-hybridized carbons (Fsp3) is 0.947. The summed E-state index contributed by atoms with van der Waals surface area (Å²) >= 11 is 0. The molecule has 0 aromatic heterocycles. The summed E-state index contributed by atoms with van der Waals surface area (Å²) in [6, 6.07) is 0.913. The summed E-state index contributed by atoms with van der Waals surface area (Å²) < 4.78 is 5.16. The Bertz CT molecular complexity index is 409. The van der Waals surface area contributed by atoms with Gasteiger partial charge in [-0.05, 0) is 56.8 Å². The number of nitrogens with zero attached hydrogens (tertiary/aromatic N) is 2. The van der Waals surface area contributed by atoms with Gasteiger partial charge in [-0.2, -0.15) is 0 Å². The Morgan fingerprint density at radius 2 is 1.96 bits per heavy atom. The van der Waals surface area contributed by atoms with Crippen LogP contribution in [0.3, 0.4) is 0 Å². The van der Waals surface area contributed by atoms with Crippen molar-refractivity contribution >= 4 is 5.91 Å². The molecule has 2 heterocycles. The molecule has 3 aliphatic rings. The van der Waals surface area contributed by atoms with E-state index in [0.717, 1.165) is 51.3 Å². The lowest BCUT2D eigenvalue weighted by molar-refractivity contribution is -0.141. The molecule has 138 valence electrons. The van der Waals surface area contributed by atoms with E-state index >= 15 is 0 Å². The number of hydrogen-bond donors (Lipinski definition) is 1. The van der Waals surface area contributed by atoms with Crippen molar-refractivity contribution < 1.29 is 9.53 Å². The Labute approximate surface area is 146 Å². The van der Waals surface area contributed by atoms with Crippen LogP contribution in [0.2, 0.25) is 0 Å². The van der Waals surface area contributed by atoms with E-state index in [1.54, 1.807) is 7.11 Å². The minimum absolute atomic E-state index is 0.363. The summed E-state index contributed by atoms with van der Waals surface area (Å²) in [5, 5.41) is 0. The van der Waals surface area contributed by atoms with E-state index in [1.807, 2.05) is 0 Å². The molecule has 2 aliphatic heterocycles. The van der Waals surface area contributed by atoms with Gasteiger partial charge >= 0.3 is 0 Å². The number of rotatable bonds is 6. The average molecular weight is 338 g/mol. The van der Waals surface area contributed by atoms with Gasteiger partial charge in [0, 0.05) is 58.4 Å². The SMILES string of the molecule is COCCCN1C(=O)CC[C@H]2CN(CC3CCC(N)CC3)CC[C@H]21. The number of nitrogens with two attached hydrogens (primary N) is 1. The van der Waals surface area contributed by atoms with Crippen molar-refractivity contribution in [2.75, 3.05) is 39.9 Å². The van der Waals surface area contributed by atoms with E-state index in [0.29, 0.717) is 23.9 Å². The van der Waals surface area contributed by atoms with Gasteiger partial charge in [0.25, 0.3) is 0 Å². The van der Waals surface area contributed by atoms with Crippen LogP contribution in [0, 0.1) is 11.8 Å². The van der Waals surface area contributed by atoms with Crippen molar-refractivity contribution in [2.24, 2.45) is 17.6 Å². The number of likely N-dealkylation sites (tertiary alicyclic amines) is 2. The van der Waals surface area contributed by atoms with E-state index in [1.165, 1.54) is 38.8 Å². The quantitative estimate of drug-likeness (QED) is 0.752. The first kappa shape index (κ1) is 18.2. The molecule has 24 heavy (non-hydrogen) atoms. The van der Waals surface area contributed by atoms with Gasteiger partial charge in [0.2, 0.25) is 5.91 Å². The third-order valence-corrected chi connectivity index (χ3v) is 6.38. The van der Waals surface area contributed by atoms with E-state index in [-0.39, 0.29) is 0 Å². The van der Waals surface area contributed by atoms with Crippen LogP contribution in [-0.2, 0) is 9.53 Å². The fourth-order valence-electron chi connectivity index (χ4n) is 5.00. The molecule has 1 aliphatic carbocycles. The molecule has 5 nitrogen and oxygen atoms in total. The normalized spacial score (nSPS) is 35.1. The number of amides is 1. The molecule has 2 atom stereocenters. The molecular formula is C19H35N3O2. The Kier molecular flexibility index (Phi) is 6.53. The number of fused-ring (bicyclic) bond motifs is 1. The zero-order chi connectivity index (χ0) is 16.9. The lowest BCUT2D eigenvalue weighted by Crippen LogP contribution is -2.56. The second kappa shape index (κ2) is 8.63. The monoisotopic (exact) mass is 337 g/mol. The van der Waals surface area contributed by atoms with Crippen molar-refractivity contribution in [1.82, 2.24) is 9.80 Å². The fourth-order valence-corrected chi connectivity index (χ4v) is 5.00. The number of carbonyl (C=O) groups excluding carboxylic acids is 1. The van der Waals surface area contributed by atoms with Crippen LogP contribution in [0.15, 0.2) is 0 Å². The summed E-state index contributed by atoms with van der Waals surface area (Å²) in [4.78, 5) is 17.2. The highest BCUT2D eigenvalue weighted by Gasteiger charge is 2.39. The van der Waals surface area contributed by atoms with Crippen LogP contribution in [0.25, 0.3) is 0 Å². The zero-order valence-electron chi connectivity index (χ0n) is 15.3. The molecule has 0 aromatic carbocycles. The van der Waals surface area contributed by atoms with Gasteiger partial charge in [-0.15, -0.1) is 0 Å². The minimum atomic E-state index is 0.363. The predicted octanol–water partition coefficient (Wildman–Crippen LogP) is 1.85. The van der Waals surface area contributed by atoms with Crippen molar-refractivity contribution in [3.8, 4) is 0 Å². The minimum Gasteiger partial charge on any atom is -0.385 e. The molecule has 2 saturated heterocycles. The number of methoxy groups -OCH3 is 1. The van der Waals surface area contributed by atoms with Gasteiger partial charge < -0.3 is 20.3 Å². The molecule has 1 saturated carbocycles. The standard InChI is InChI=1S/C19H35N3O2/c1-24-12-2-10-22-18-9-11-21(14-16(18)5-8-19(22)23)13-15-3-6-17(20)7-4-15/h15-18H,2-14,20H2,1H3/t15?,16-,17?,18+/m0/s1. The molecule has 0 aromatic rings. The first-order valence-corrected chi connectivity index (χ1v) is 9.93. The molecule has 0 radical (unpaired) electrons. The molecule has 0 spiro atoms. The molecular weight excluding hydrogens is 302 g/mol. The first-order chi connectivity index (χ1) is 11.7.